The standard InChI is InChI=1S/C20H18FN3O2/c21-15-8-5-13(6-9-15)11-19(25)24-18(20(22)26)12-16-10-7-14-3-1-2-4-17(14)23-16/h1-10,18H,11-12H2,(H2,22,26)(H,24,25)/t18-/m0/s1. The van der Waals surface area contributed by atoms with Crippen molar-refractivity contribution >= 4 is 22.7 Å². The molecule has 1 heterocycles. The molecule has 0 aliphatic heterocycles. The Hall–Kier alpha value is -3.28. The molecular weight excluding hydrogens is 333 g/mol. The number of amides is 2. The Morgan fingerprint density at radius 2 is 1.77 bits per heavy atom. The summed E-state index contributed by atoms with van der Waals surface area (Å²) < 4.78 is 12.9. The van der Waals surface area contributed by atoms with Crippen LogP contribution in [-0.2, 0) is 22.4 Å². The monoisotopic (exact) mass is 351 g/mol. The molecule has 3 N–H and O–H groups in total. The number of halogens is 1. The molecule has 0 fully saturated rings. The van der Waals surface area contributed by atoms with Crippen molar-refractivity contribution in [1.82, 2.24) is 10.3 Å². The number of rotatable bonds is 6. The van der Waals surface area contributed by atoms with Crippen molar-refractivity contribution in [2.75, 3.05) is 0 Å². The van der Waals surface area contributed by atoms with Gasteiger partial charge in [-0.2, -0.15) is 0 Å². The van der Waals surface area contributed by atoms with Crippen LogP contribution in [0.15, 0.2) is 60.7 Å². The molecule has 26 heavy (non-hydrogen) atoms. The van der Waals surface area contributed by atoms with Gasteiger partial charge in [-0.25, -0.2) is 4.39 Å². The molecule has 0 unspecified atom stereocenters. The quantitative estimate of drug-likeness (QED) is 0.713. The highest BCUT2D eigenvalue weighted by Crippen LogP contribution is 2.13. The van der Waals surface area contributed by atoms with Crippen molar-refractivity contribution in [3.63, 3.8) is 0 Å². The van der Waals surface area contributed by atoms with Gasteiger partial charge in [-0.05, 0) is 29.8 Å². The van der Waals surface area contributed by atoms with Crippen LogP contribution in [0.5, 0.6) is 0 Å². The first-order valence-electron chi connectivity index (χ1n) is 8.19. The largest absolute Gasteiger partial charge is 0.368 e. The van der Waals surface area contributed by atoms with E-state index in [9.17, 15) is 14.0 Å². The van der Waals surface area contributed by atoms with Gasteiger partial charge >= 0.3 is 0 Å². The van der Waals surface area contributed by atoms with E-state index in [1.165, 1.54) is 24.3 Å². The Balaban J connectivity index is 1.68. The molecule has 0 spiro atoms. The van der Waals surface area contributed by atoms with E-state index >= 15 is 0 Å². The number of nitrogens with one attached hydrogen (secondary N) is 1. The summed E-state index contributed by atoms with van der Waals surface area (Å²) in [7, 11) is 0. The average Bonchev–Trinajstić information content (AvgIpc) is 2.63. The molecule has 0 aliphatic carbocycles. The summed E-state index contributed by atoms with van der Waals surface area (Å²) in [5, 5.41) is 3.62. The summed E-state index contributed by atoms with van der Waals surface area (Å²) in [4.78, 5) is 28.4. The Morgan fingerprint density at radius 1 is 1.04 bits per heavy atom. The molecule has 1 atom stereocenters. The smallest absolute Gasteiger partial charge is 0.240 e. The number of para-hydroxylation sites is 1. The summed E-state index contributed by atoms with van der Waals surface area (Å²) in [6, 6.07) is 16.1. The number of fused-ring (bicyclic) bond motifs is 1. The van der Waals surface area contributed by atoms with E-state index in [1.54, 1.807) is 0 Å². The average molecular weight is 351 g/mol. The third-order valence-electron chi connectivity index (χ3n) is 4.03. The van der Waals surface area contributed by atoms with Crippen LogP contribution in [0.25, 0.3) is 10.9 Å². The Labute approximate surface area is 150 Å². The van der Waals surface area contributed by atoms with Crippen LogP contribution in [0.4, 0.5) is 4.39 Å². The van der Waals surface area contributed by atoms with Gasteiger partial charge in [0.05, 0.1) is 11.9 Å². The molecule has 0 saturated carbocycles. The fourth-order valence-electron chi connectivity index (χ4n) is 2.69. The maximum Gasteiger partial charge on any atom is 0.240 e. The molecule has 2 amide bonds. The predicted molar refractivity (Wildman–Crippen MR) is 96.7 cm³/mol. The number of hydrogen-bond donors (Lipinski definition) is 2. The minimum atomic E-state index is -0.864. The van der Waals surface area contributed by atoms with Gasteiger partial charge in [-0.15, -0.1) is 0 Å². The molecule has 6 heteroatoms. The van der Waals surface area contributed by atoms with E-state index in [2.05, 4.69) is 10.3 Å². The van der Waals surface area contributed by atoms with Gasteiger partial charge in [0, 0.05) is 17.5 Å². The van der Waals surface area contributed by atoms with Crippen molar-refractivity contribution in [1.29, 1.82) is 0 Å². The lowest BCUT2D eigenvalue weighted by Crippen LogP contribution is -2.46. The predicted octanol–water partition coefficient (Wildman–Crippen LogP) is 2.13. The third kappa shape index (κ3) is 4.42. The van der Waals surface area contributed by atoms with Crippen molar-refractivity contribution in [3.05, 3.63) is 77.7 Å². The van der Waals surface area contributed by atoms with Gasteiger partial charge in [0.1, 0.15) is 11.9 Å². The lowest BCUT2D eigenvalue weighted by Gasteiger charge is -2.15. The van der Waals surface area contributed by atoms with Crippen molar-refractivity contribution in [3.8, 4) is 0 Å². The second-order valence-electron chi connectivity index (χ2n) is 6.03. The summed E-state index contributed by atoms with van der Waals surface area (Å²) in [5.74, 6) is -1.36. The minimum absolute atomic E-state index is 0.0369. The van der Waals surface area contributed by atoms with Crippen LogP contribution in [0.2, 0.25) is 0 Å². The maximum atomic E-state index is 12.9. The lowest BCUT2D eigenvalue weighted by molar-refractivity contribution is -0.127. The maximum absolute atomic E-state index is 12.9. The minimum Gasteiger partial charge on any atom is -0.368 e. The normalized spacial score (nSPS) is 11.9. The first-order valence-corrected chi connectivity index (χ1v) is 8.19. The number of pyridine rings is 1. The molecule has 3 aromatic rings. The molecule has 5 nitrogen and oxygen atoms in total. The van der Waals surface area contributed by atoms with E-state index in [-0.39, 0.29) is 24.6 Å². The molecule has 0 saturated heterocycles. The summed E-state index contributed by atoms with van der Waals surface area (Å²) in [6.07, 6.45) is 0.241. The molecule has 2 aromatic carbocycles. The van der Waals surface area contributed by atoms with Crippen molar-refractivity contribution in [2.24, 2.45) is 5.73 Å². The first kappa shape index (κ1) is 17.5. The van der Waals surface area contributed by atoms with Gasteiger partial charge in [0.15, 0.2) is 0 Å². The third-order valence-corrected chi connectivity index (χ3v) is 4.03. The highest BCUT2D eigenvalue weighted by Gasteiger charge is 2.19. The fourth-order valence-corrected chi connectivity index (χ4v) is 2.69. The SMILES string of the molecule is NC(=O)[C@H](Cc1ccc2ccccc2n1)NC(=O)Cc1ccc(F)cc1. The highest BCUT2D eigenvalue weighted by molar-refractivity contribution is 5.87. The van der Waals surface area contributed by atoms with E-state index in [0.717, 1.165) is 10.9 Å². The zero-order valence-electron chi connectivity index (χ0n) is 14.0. The molecule has 3 rings (SSSR count). The molecule has 0 bridgehead atoms. The number of nitrogens with two attached hydrogens (primary N) is 1. The molecule has 0 aliphatic rings. The topological polar surface area (TPSA) is 85.1 Å². The van der Waals surface area contributed by atoms with Crippen molar-refractivity contribution < 1.29 is 14.0 Å². The zero-order valence-corrected chi connectivity index (χ0v) is 14.0. The molecule has 1 aromatic heterocycles. The van der Waals surface area contributed by atoms with E-state index < -0.39 is 11.9 Å². The number of primary amides is 1. The number of benzene rings is 2. The van der Waals surface area contributed by atoms with E-state index in [4.69, 9.17) is 5.73 Å². The number of hydrogen-bond acceptors (Lipinski definition) is 3. The number of carbonyl (C=O) groups excluding carboxylic acids is 2. The van der Waals surface area contributed by atoms with Crippen LogP contribution in [-0.4, -0.2) is 22.8 Å². The molecular formula is C20H18FN3O2. The Morgan fingerprint density at radius 3 is 2.50 bits per heavy atom. The molecule has 0 radical (unpaired) electrons. The van der Waals surface area contributed by atoms with Crippen LogP contribution in [0, 0.1) is 5.82 Å². The van der Waals surface area contributed by atoms with Gasteiger partial charge in [0.25, 0.3) is 0 Å². The number of nitrogens with zero attached hydrogens (tertiary/aromatic N) is 1. The Kier molecular flexibility index (Phi) is 5.22. The lowest BCUT2D eigenvalue weighted by atomic mass is 10.1. The van der Waals surface area contributed by atoms with Crippen LogP contribution in [0.1, 0.15) is 11.3 Å². The molecule has 132 valence electrons. The van der Waals surface area contributed by atoms with Crippen molar-refractivity contribution in [2.45, 2.75) is 18.9 Å². The zero-order chi connectivity index (χ0) is 18.5. The summed E-state index contributed by atoms with van der Waals surface area (Å²) >= 11 is 0. The number of aromatic nitrogens is 1. The van der Waals surface area contributed by atoms with E-state index in [1.807, 2.05) is 36.4 Å². The van der Waals surface area contributed by atoms with Gasteiger partial charge in [-0.3, -0.25) is 14.6 Å². The first-order chi connectivity index (χ1) is 12.5. The van der Waals surface area contributed by atoms with E-state index in [0.29, 0.717) is 11.3 Å². The van der Waals surface area contributed by atoms with Gasteiger partial charge < -0.3 is 11.1 Å². The fraction of sp³-hybridized carbons (Fsp3) is 0.150. The van der Waals surface area contributed by atoms with Gasteiger partial charge in [0.2, 0.25) is 11.8 Å². The van der Waals surface area contributed by atoms with Gasteiger partial charge in [-0.1, -0.05) is 36.4 Å². The van der Waals surface area contributed by atoms with Crippen LogP contribution < -0.4 is 11.1 Å². The second kappa shape index (κ2) is 7.74. The number of carbonyl (C=O) groups is 2. The summed E-state index contributed by atoms with van der Waals surface area (Å²) in [5.41, 5.74) is 7.55. The van der Waals surface area contributed by atoms with Crippen LogP contribution >= 0.6 is 0 Å². The Bertz CT molecular complexity index is 941. The summed E-state index contributed by atoms with van der Waals surface area (Å²) in [6.45, 7) is 0. The van der Waals surface area contributed by atoms with Crippen LogP contribution in [0.3, 0.4) is 0 Å². The second-order valence-corrected chi connectivity index (χ2v) is 6.03. The highest BCUT2D eigenvalue weighted by atomic mass is 19.1.